The molecule has 0 unspecified atom stereocenters. The number of hydrogen-bond donors (Lipinski definition) is 2. The summed E-state index contributed by atoms with van der Waals surface area (Å²) in [4.78, 5) is 19.3. The Bertz CT molecular complexity index is 568. The van der Waals surface area contributed by atoms with Crippen molar-refractivity contribution in [1.29, 1.82) is 0 Å². The third kappa shape index (κ3) is 2.51. The maximum atomic E-state index is 11.7. The Morgan fingerprint density at radius 2 is 2.35 bits per heavy atom. The molecule has 0 saturated heterocycles. The number of nitrogen functional groups attached to an aromatic ring is 1. The molecule has 0 aromatic carbocycles. The van der Waals surface area contributed by atoms with Gasteiger partial charge in [0.15, 0.2) is 5.82 Å². The molecule has 0 radical (unpaired) electrons. The average molecular weight is 254 g/mol. The van der Waals surface area contributed by atoms with Gasteiger partial charge in [0.2, 0.25) is 0 Å². The monoisotopic (exact) mass is 253 g/mol. The molecule has 17 heavy (non-hydrogen) atoms. The van der Waals surface area contributed by atoms with Crippen molar-refractivity contribution >= 4 is 29.3 Å². The van der Waals surface area contributed by atoms with Crippen LogP contribution in [0.4, 0.5) is 11.8 Å². The molecule has 0 spiro atoms. The number of hydrogen-bond acceptors (Lipinski definition) is 6. The third-order valence-corrected chi connectivity index (χ3v) is 2.18. The summed E-state index contributed by atoms with van der Waals surface area (Å²) < 4.78 is 4.74. The minimum Gasteiger partial charge on any atom is -0.382 e. The zero-order chi connectivity index (χ0) is 12.4. The van der Waals surface area contributed by atoms with Gasteiger partial charge in [0.1, 0.15) is 5.82 Å². The fourth-order valence-corrected chi connectivity index (χ4v) is 1.26. The number of carbonyl (C=O) groups excluding carboxylic acids is 1. The van der Waals surface area contributed by atoms with Gasteiger partial charge in [-0.2, -0.15) is 4.98 Å². The van der Waals surface area contributed by atoms with Crippen LogP contribution in [0.1, 0.15) is 16.2 Å². The van der Waals surface area contributed by atoms with E-state index in [9.17, 15) is 4.79 Å². The molecule has 88 valence electrons. The first-order chi connectivity index (χ1) is 8.06. The molecule has 7 nitrogen and oxygen atoms in total. The number of nitrogens with zero attached hydrogens (tertiary/aromatic N) is 3. The minimum absolute atomic E-state index is 0.0143. The molecule has 0 aliphatic rings. The zero-order valence-electron chi connectivity index (χ0n) is 8.77. The number of aryl methyl sites for hydroxylation is 1. The molecule has 2 rings (SSSR count). The van der Waals surface area contributed by atoms with E-state index in [0.29, 0.717) is 5.82 Å². The second kappa shape index (κ2) is 4.38. The number of amides is 1. The summed E-state index contributed by atoms with van der Waals surface area (Å²) in [5, 5.41) is 6.15. The number of halogens is 1. The summed E-state index contributed by atoms with van der Waals surface area (Å²) in [7, 11) is 0. The quantitative estimate of drug-likeness (QED) is 0.834. The highest BCUT2D eigenvalue weighted by Gasteiger charge is 2.12. The van der Waals surface area contributed by atoms with Crippen LogP contribution in [0.25, 0.3) is 0 Å². The van der Waals surface area contributed by atoms with E-state index in [0.717, 1.165) is 0 Å². The van der Waals surface area contributed by atoms with E-state index < -0.39 is 5.91 Å². The fourth-order valence-electron chi connectivity index (χ4n) is 1.09. The summed E-state index contributed by atoms with van der Waals surface area (Å²) in [6.45, 7) is 1.64. The second-order valence-electron chi connectivity index (χ2n) is 3.19. The van der Waals surface area contributed by atoms with E-state index in [4.69, 9.17) is 21.9 Å². The lowest BCUT2D eigenvalue weighted by molar-refractivity contribution is 0.102. The lowest BCUT2D eigenvalue weighted by atomic mass is 10.2. The van der Waals surface area contributed by atoms with Crippen molar-refractivity contribution in [2.24, 2.45) is 0 Å². The number of rotatable bonds is 2. The molecular formula is C9H8ClN5O2. The van der Waals surface area contributed by atoms with Crippen LogP contribution in [-0.4, -0.2) is 21.0 Å². The topological polar surface area (TPSA) is 107 Å². The molecule has 8 heteroatoms. The molecule has 2 aromatic heterocycles. The van der Waals surface area contributed by atoms with Crippen molar-refractivity contribution < 1.29 is 9.32 Å². The summed E-state index contributed by atoms with van der Waals surface area (Å²) in [6.07, 6.45) is 1.31. The molecule has 0 fully saturated rings. The van der Waals surface area contributed by atoms with Crippen LogP contribution < -0.4 is 11.1 Å². The number of carbonyl (C=O) groups is 1. The highest BCUT2D eigenvalue weighted by Crippen LogP contribution is 2.17. The lowest BCUT2D eigenvalue weighted by Gasteiger charge is -2.01. The van der Waals surface area contributed by atoms with Crippen molar-refractivity contribution in [3.63, 3.8) is 0 Å². The predicted octanol–water partition coefficient (Wildman–Crippen LogP) is 1.26. The number of aromatic nitrogens is 3. The Labute approximate surface area is 101 Å². The van der Waals surface area contributed by atoms with Gasteiger partial charge >= 0.3 is 6.01 Å². The van der Waals surface area contributed by atoms with Crippen LogP contribution in [0.3, 0.4) is 0 Å². The number of nitrogens with one attached hydrogen (secondary N) is 1. The first-order valence-electron chi connectivity index (χ1n) is 4.59. The van der Waals surface area contributed by atoms with Crippen LogP contribution in [0, 0.1) is 6.92 Å². The Hall–Kier alpha value is -2.15. The largest absolute Gasteiger partial charge is 0.382 e. The summed E-state index contributed by atoms with van der Waals surface area (Å²) >= 11 is 5.75. The van der Waals surface area contributed by atoms with Crippen LogP contribution in [0.5, 0.6) is 0 Å². The van der Waals surface area contributed by atoms with E-state index in [1.54, 1.807) is 6.92 Å². The van der Waals surface area contributed by atoms with Crippen molar-refractivity contribution in [2.75, 3.05) is 11.1 Å². The standard InChI is InChI=1S/C9H8ClN5O2/c1-4-13-9(17-15-4)14-8(16)5-2-6(10)7(11)12-3-5/h2-3H,1H3,(H2,11,12)(H,13,14,15,16). The highest BCUT2D eigenvalue weighted by molar-refractivity contribution is 6.33. The van der Waals surface area contributed by atoms with Crippen LogP contribution >= 0.6 is 11.6 Å². The molecule has 1 amide bonds. The van der Waals surface area contributed by atoms with E-state index in [1.165, 1.54) is 12.3 Å². The van der Waals surface area contributed by atoms with E-state index in [-0.39, 0.29) is 22.4 Å². The van der Waals surface area contributed by atoms with Crippen molar-refractivity contribution in [3.8, 4) is 0 Å². The average Bonchev–Trinajstić information content (AvgIpc) is 2.68. The number of nitrogens with two attached hydrogens (primary N) is 1. The molecule has 0 aliphatic carbocycles. The molecule has 2 heterocycles. The summed E-state index contributed by atoms with van der Waals surface area (Å²) in [5.74, 6) is 0.133. The molecular weight excluding hydrogens is 246 g/mol. The Kier molecular flexibility index (Phi) is 2.92. The summed E-state index contributed by atoms with van der Waals surface area (Å²) in [6, 6.07) is 1.42. The van der Waals surface area contributed by atoms with Crippen molar-refractivity contribution in [1.82, 2.24) is 15.1 Å². The first kappa shape index (κ1) is 11.3. The molecule has 0 atom stereocenters. The maximum Gasteiger partial charge on any atom is 0.328 e. The van der Waals surface area contributed by atoms with Gasteiger partial charge in [0, 0.05) is 6.20 Å². The SMILES string of the molecule is Cc1noc(NC(=O)c2cnc(N)c(Cl)c2)n1. The van der Waals surface area contributed by atoms with Gasteiger partial charge in [-0.05, 0) is 13.0 Å². The Morgan fingerprint density at radius 3 is 2.94 bits per heavy atom. The first-order valence-corrected chi connectivity index (χ1v) is 4.97. The van der Waals surface area contributed by atoms with Gasteiger partial charge < -0.3 is 10.3 Å². The predicted molar refractivity (Wildman–Crippen MR) is 60.6 cm³/mol. The number of anilines is 2. The maximum absolute atomic E-state index is 11.7. The van der Waals surface area contributed by atoms with Crippen LogP contribution in [0.2, 0.25) is 5.02 Å². The highest BCUT2D eigenvalue weighted by atomic mass is 35.5. The normalized spacial score (nSPS) is 10.2. The van der Waals surface area contributed by atoms with Gasteiger partial charge in [-0.3, -0.25) is 10.1 Å². The molecule has 0 bridgehead atoms. The van der Waals surface area contributed by atoms with Gasteiger partial charge in [-0.15, -0.1) is 0 Å². The van der Waals surface area contributed by atoms with Crippen LogP contribution in [0.15, 0.2) is 16.8 Å². The fraction of sp³-hybridized carbons (Fsp3) is 0.111. The Balaban J connectivity index is 2.17. The molecule has 0 aliphatic heterocycles. The minimum atomic E-state index is -0.456. The second-order valence-corrected chi connectivity index (χ2v) is 3.60. The zero-order valence-corrected chi connectivity index (χ0v) is 9.52. The van der Waals surface area contributed by atoms with Crippen molar-refractivity contribution in [2.45, 2.75) is 6.92 Å². The van der Waals surface area contributed by atoms with Crippen LogP contribution in [-0.2, 0) is 0 Å². The van der Waals surface area contributed by atoms with Gasteiger partial charge in [0.25, 0.3) is 5.91 Å². The van der Waals surface area contributed by atoms with Gasteiger partial charge in [0.05, 0.1) is 10.6 Å². The van der Waals surface area contributed by atoms with Crippen molar-refractivity contribution in [3.05, 3.63) is 28.7 Å². The molecule has 0 saturated carbocycles. The van der Waals surface area contributed by atoms with Gasteiger partial charge in [-0.25, -0.2) is 4.98 Å². The third-order valence-electron chi connectivity index (χ3n) is 1.88. The molecule has 3 N–H and O–H groups in total. The lowest BCUT2D eigenvalue weighted by Crippen LogP contribution is -2.12. The molecule has 2 aromatic rings. The van der Waals surface area contributed by atoms with Gasteiger partial charge in [-0.1, -0.05) is 16.8 Å². The van der Waals surface area contributed by atoms with E-state index >= 15 is 0 Å². The summed E-state index contributed by atoms with van der Waals surface area (Å²) in [5.41, 5.74) is 5.68. The Morgan fingerprint density at radius 1 is 1.59 bits per heavy atom. The van der Waals surface area contributed by atoms with E-state index in [1.807, 2.05) is 0 Å². The van der Waals surface area contributed by atoms with E-state index in [2.05, 4.69) is 20.4 Å². The number of pyridine rings is 1. The smallest absolute Gasteiger partial charge is 0.328 e.